The molecule has 1 amide bonds. The lowest BCUT2D eigenvalue weighted by molar-refractivity contribution is -0.122. The van der Waals surface area contributed by atoms with Crippen LogP contribution in [0, 0.1) is 0 Å². The number of methoxy groups -OCH3 is 1. The highest BCUT2D eigenvalue weighted by molar-refractivity contribution is 5.76. The molecule has 1 N–H and O–H groups in total. The molecule has 1 aliphatic carbocycles. The Labute approximate surface area is 102 Å². The summed E-state index contributed by atoms with van der Waals surface area (Å²) in [4.78, 5) is 11.5. The van der Waals surface area contributed by atoms with Crippen molar-refractivity contribution in [2.24, 2.45) is 0 Å². The minimum Gasteiger partial charge on any atom is -0.375 e. The fraction of sp³-hybridized carbons (Fsp3) is 0.500. The lowest BCUT2D eigenvalue weighted by Gasteiger charge is -2.33. The van der Waals surface area contributed by atoms with Gasteiger partial charge in [-0.2, -0.15) is 0 Å². The Morgan fingerprint density at radius 3 is 2.94 bits per heavy atom. The molecule has 1 aromatic rings. The monoisotopic (exact) mass is 233 g/mol. The van der Waals surface area contributed by atoms with E-state index in [4.69, 9.17) is 4.74 Å². The molecule has 0 saturated heterocycles. The van der Waals surface area contributed by atoms with E-state index >= 15 is 0 Å². The van der Waals surface area contributed by atoms with E-state index in [2.05, 4.69) is 23.5 Å². The van der Waals surface area contributed by atoms with Gasteiger partial charge in [0.1, 0.15) is 6.10 Å². The van der Waals surface area contributed by atoms with Crippen LogP contribution < -0.4 is 5.32 Å². The zero-order valence-electron chi connectivity index (χ0n) is 10.4. The molecule has 0 bridgehead atoms. The molecule has 1 aliphatic rings. The molecule has 17 heavy (non-hydrogen) atoms. The predicted molar refractivity (Wildman–Crippen MR) is 66.7 cm³/mol. The van der Waals surface area contributed by atoms with Gasteiger partial charge in [-0.25, -0.2) is 0 Å². The fourth-order valence-corrected chi connectivity index (χ4v) is 2.47. The third-order valence-corrected chi connectivity index (χ3v) is 3.37. The minimum atomic E-state index is -0.0181. The minimum absolute atomic E-state index is 0.0181. The summed E-state index contributed by atoms with van der Waals surface area (Å²) >= 11 is 0. The molecule has 0 radical (unpaired) electrons. The van der Waals surface area contributed by atoms with E-state index in [0.717, 1.165) is 12.8 Å². The van der Waals surface area contributed by atoms with Gasteiger partial charge in [0, 0.05) is 13.5 Å². The number of benzene rings is 1. The van der Waals surface area contributed by atoms with Crippen LogP contribution in [-0.4, -0.2) is 19.1 Å². The van der Waals surface area contributed by atoms with Crippen molar-refractivity contribution in [3.63, 3.8) is 0 Å². The number of rotatable bonds is 3. The number of ether oxygens (including phenoxy) is 1. The summed E-state index contributed by atoms with van der Waals surface area (Å²) in [7, 11) is 1.71. The molecule has 3 heteroatoms. The number of hydrogen-bond acceptors (Lipinski definition) is 2. The number of amides is 1. The molecule has 0 fully saturated rings. The molecule has 0 aromatic heterocycles. The predicted octanol–water partition coefficient (Wildman–Crippen LogP) is 2.22. The largest absolute Gasteiger partial charge is 0.375 e. The molecular weight excluding hydrogens is 214 g/mol. The van der Waals surface area contributed by atoms with E-state index in [9.17, 15) is 4.79 Å². The number of fused-ring (bicyclic) bond motifs is 1. The summed E-state index contributed by atoms with van der Waals surface area (Å²) in [6, 6.07) is 8.40. The summed E-state index contributed by atoms with van der Waals surface area (Å²) in [5.41, 5.74) is 2.55. The first kappa shape index (κ1) is 12.1. The summed E-state index contributed by atoms with van der Waals surface area (Å²) in [5.74, 6) is 0.0939. The zero-order valence-corrected chi connectivity index (χ0v) is 10.4. The van der Waals surface area contributed by atoms with Crippen LogP contribution in [0.1, 0.15) is 37.0 Å². The normalized spacial score (nSPS) is 22.9. The van der Waals surface area contributed by atoms with Gasteiger partial charge in [0.05, 0.1) is 6.04 Å². The average Bonchev–Trinajstić information content (AvgIpc) is 2.38. The molecule has 0 aliphatic heterocycles. The highest BCUT2D eigenvalue weighted by Crippen LogP contribution is 2.32. The highest BCUT2D eigenvalue weighted by atomic mass is 16.5. The Morgan fingerprint density at radius 2 is 2.24 bits per heavy atom. The van der Waals surface area contributed by atoms with Gasteiger partial charge in [-0.05, 0) is 24.0 Å². The maximum atomic E-state index is 11.5. The van der Waals surface area contributed by atoms with E-state index in [0.29, 0.717) is 6.42 Å². The van der Waals surface area contributed by atoms with Crippen LogP contribution in [0.25, 0.3) is 0 Å². The van der Waals surface area contributed by atoms with Gasteiger partial charge >= 0.3 is 0 Å². The van der Waals surface area contributed by atoms with Crippen molar-refractivity contribution < 1.29 is 9.53 Å². The van der Waals surface area contributed by atoms with Gasteiger partial charge < -0.3 is 10.1 Å². The number of carbonyl (C=O) groups is 1. The van der Waals surface area contributed by atoms with Gasteiger partial charge in [-0.15, -0.1) is 0 Å². The highest BCUT2D eigenvalue weighted by Gasteiger charge is 2.29. The Bertz CT molecular complexity index is 403. The van der Waals surface area contributed by atoms with Gasteiger partial charge in [-0.1, -0.05) is 31.2 Å². The van der Waals surface area contributed by atoms with Crippen molar-refractivity contribution in [3.8, 4) is 0 Å². The van der Waals surface area contributed by atoms with Crippen molar-refractivity contribution in [3.05, 3.63) is 35.4 Å². The molecule has 0 heterocycles. The van der Waals surface area contributed by atoms with E-state index in [1.54, 1.807) is 7.11 Å². The SMILES string of the molecule is CCC(=O)NC1CCc2ccccc2C1OC. The van der Waals surface area contributed by atoms with Gasteiger partial charge in [-0.3, -0.25) is 4.79 Å². The van der Waals surface area contributed by atoms with Crippen molar-refractivity contribution in [2.45, 2.75) is 38.3 Å². The molecule has 3 nitrogen and oxygen atoms in total. The lowest BCUT2D eigenvalue weighted by Crippen LogP contribution is -2.42. The third kappa shape index (κ3) is 2.50. The van der Waals surface area contributed by atoms with Crippen molar-refractivity contribution in [2.75, 3.05) is 7.11 Å². The summed E-state index contributed by atoms with van der Waals surface area (Å²) < 4.78 is 5.56. The second-order valence-corrected chi connectivity index (χ2v) is 4.42. The first-order valence-corrected chi connectivity index (χ1v) is 6.16. The molecule has 0 saturated carbocycles. The van der Waals surface area contributed by atoms with Gasteiger partial charge in [0.2, 0.25) is 5.91 Å². The Kier molecular flexibility index (Phi) is 3.79. The molecule has 2 rings (SSSR count). The summed E-state index contributed by atoms with van der Waals surface area (Å²) in [6.07, 6.45) is 2.45. The topological polar surface area (TPSA) is 38.3 Å². The van der Waals surface area contributed by atoms with Gasteiger partial charge in [0.15, 0.2) is 0 Å². The molecule has 2 atom stereocenters. The Morgan fingerprint density at radius 1 is 1.47 bits per heavy atom. The van der Waals surface area contributed by atoms with Crippen molar-refractivity contribution in [1.82, 2.24) is 5.32 Å². The summed E-state index contributed by atoms with van der Waals surface area (Å²) in [6.45, 7) is 1.87. The fourth-order valence-electron chi connectivity index (χ4n) is 2.47. The number of carbonyl (C=O) groups excluding carboxylic acids is 1. The van der Waals surface area contributed by atoms with Crippen LogP contribution in [-0.2, 0) is 16.0 Å². The molecule has 92 valence electrons. The average molecular weight is 233 g/mol. The second kappa shape index (κ2) is 5.32. The van der Waals surface area contributed by atoms with E-state index < -0.39 is 0 Å². The van der Waals surface area contributed by atoms with Crippen molar-refractivity contribution in [1.29, 1.82) is 0 Å². The van der Waals surface area contributed by atoms with Crippen LogP contribution in [0.15, 0.2) is 24.3 Å². The second-order valence-electron chi connectivity index (χ2n) is 4.42. The molecule has 1 aromatic carbocycles. The first-order chi connectivity index (χ1) is 8.26. The van der Waals surface area contributed by atoms with E-state index in [1.807, 2.05) is 13.0 Å². The van der Waals surface area contributed by atoms with Crippen molar-refractivity contribution >= 4 is 5.91 Å². The quantitative estimate of drug-likeness (QED) is 0.869. The van der Waals surface area contributed by atoms with E-state index in [1.165, 1.54) is 11.1 Å². The van der Waals surface area contributed by atoms with E-state index in [-0.39, 0.29) is 18.1 Å². The van der Waals surface area contributed by atoms with Crippen LogP contribution in [0.2, 0.25) is 0 Å². The molecule has 2 unspecified atom stereocenters. The van der Waals surface area contributed by atoms with Crippen LogP contribution in [0.3, 0.4) is 0 Å². The smallest absolute Gasteiger partial charge is 0.220 e. The third-order valence-electron chi connectivity index (χ3n) is 3.37. The van der Waals surface area contributed by atoms with Gasteiger partial charge in [0.25, 0.3) is 0 Å². The number of nitrogens with one attached hydrogen (secondary N) is 1. The lowest BCUT2D eigenvalue weighted by atomic mass is 9.85. The zero-order chi connectivity index (χ0) is 12.3. The Balaban J connectivity index is 2.20. The molecule has 0 spiro atoms. The summed E-state index contributed by atoms with van der Waals surface area (Å²) in [5, 5.41) is 3.05. The first-order valence-electron chi connectivity index (χ1n) is 6.16. The van der Waals surface area contributed by atoms with Crippen LogP contribution in [0.4, 0.5) is 0 Å². The maximum Gasteiger partial charge on any atom is 0.220 e. The standard InChI is InChI=1S/C14H19NO2/c1-3-13(16)15-12-9-8-10-6-4-5-7-11(10)14(12)17-2/h4-7,12,14H,3,8-9H2,1-2H3,(H,15,16). The number of aryl methyl sites for hydroxylation is 1. The maximum absolute atomic E-state index is 11.5. The van der Waals surface area contributed by atoms with Crippen LogP contribution in [0.5, 0.6) is 0 Å². The van der Waals surface area contributed by atoms with Crippen LogP contribution >= 0.6 is 0 Å². The number of hydrogen-bond donors (Lipinski definition) is 1. The molecular formula is C14H19NO2. The Hall–Kier alpha value is -1.35.